The molecule has 1 N–H and O–H groups in total. The van der Waals surface area contributed by atoms with Gasteiger partial charge in [0.05, 0.1) is 15.4 Å². The summed E-state index contributed by atoms with van der Waals surface area (Å²) in [5, 5.41) is 15.2. The third kappa shape index (κ3) is 4.12. The molecule has 2 aromatic rings. The van der Waals surface area contributed by atoms with Crippen LogP contribution in [0.15, 0.2) is 52.6 Å². The van der Waals surface area contributed by atoms with E-state index in [0.717, 1.165) is 47.6 Å². The minimum atomic E-state index is -0.396. The van der Waals surface area contributed by atoms with E-state index >= 15 is 0 Å². The van der Waals surface area contributed by atoms with Crippen molar-refractivity contribution in [3.8, 4) is 0 Å². The molecule has 2 aliphatic heterocycles. The molecule has 9 heteroatoms. The van der Waals surface area contributed by atoms with Gasteiger partial charge in [-0.05, 0) is 62.6 Å². The van der Waals surface area contributed by atoms with Crippen LogP contribution in [0.1, 0.15) is 37.5 Å². The summed E-state index contributed by atoms with van der Waals surface area (Å²) >= 11 is 1.55. The van der Waals surface area contributed by atoms with Gasteiger partial charge in [-0.1, -0.05) is 6.07 Å². The Morgan fingerprint density at radius 2 is 2.09 bits per heavy atom. The van der Waals surface area contributed by atoms with Gasteiger partial charge in [-0.3, -0.25) is 20.5 Å². The molecule has 2 heterocycles. The van der Waals surface area contributed by atoms with Gasteiger partial charge in [-0.25, -0.2) is 0 Å². The van der Waals surface area contributed by atoms with Gasteiger partial charge in [0, 0.05) is 36.5 Å². The number of hydrogen-bond donors (Lipinski definition) is 1. The lowest BCUT2D eigenvalue weighted by molar-refractivity contribution is -0.384. The maximum absolute atomic E-state index is 11.2. The Hall–Kier alpha value is -3.20. The minimum absolute atomic E-state index is 0.0650. The number of aldehydes is 1. The summed E-state index contributed by atoms with van der Waals surface area (Å²) in [5.74, 6) is 0.815. The Morgan fingerprint density at radius 3 is 2.72 bits per heavy atom. The number of nitrogens with zero attached hydrogens (tertiary/aromatic N) is 4. The second-order valence-electron chi connectivity index (χ2n) is 8.12. The number of fused-ring (bicyclic) bond motifs is 1. The molecule has 2 aromatic carbocycles. The standard InChI is InChI=1S/C23H25N5O3S/c1-4-24-22(15-5-8-18(9-6-15)28(30)31)27-12-11-16-13-17(7-10-19(16)27)21-23(2,3)32-20(14-29)25-26-21/h5-10,13-14,20,25H,4,11-12H2,1-3H3. The van der Waals surface area contributed by atoms with E-state index in [-0.39, 0.29) is 15.8 Å². The van der Waals surface area contributed by atoms with Crippen LogP contribution in [0.4, 0.5) is 11.4 Å². The molecule has 2 aliphatic rings. The third-order valence-electron chi connectivity index (χ3n) is 5.57. The van der Waals surface area contributed by atoms with Crippen molar-refractivity contribution in [2.75, 3.05) is 18.0 Å². The molecule has 0 saturated heterocycles. The predicted molar refractivity (Wildman–Crippen MR) is 129 cm³/mol. The molecule has 32 heavy (non-hydrogen) atoms. The fraction of sp³-hybridized carbons (Fsp3) is 0.348. The van der Waals surface area contributed by atoms with Crippen molar-refractivity contribution >= 4 is 41.0 Å². The van der Waals surface area contributed by atoms with Gasteiger partial charge in [0.25, 0.3) is 5.69 Å². The Bertz CT molecular complexity index is 1110. The van der Waals surface area contributed by atoms with Crippen molar-refractivity contribution < 1.29 is 9.72 Å². The number of hydrazone groups is 1. The fourth-order valence-electron chi connectivity index (χ4n) is 4.12. The van der Waals surface area contributed by atoms with Crippen molar-refractivity contribution in [2.45, 2.75) is 37.3 Å². The fourth-order valence-corrected chi connectivity index (χ4v) is 5.19. The molecule has 1 unspecified atom stereocenters. The van der Waals surface area contributed by atoms with E-state index in [0.29, 0.717) is 6.54 Å². The second-order valence-corrected chi connectivity index (χ2v) is 9.89. The van der Waals surface area contributed by atoms with Crippen LogP contribution in [0, 0.1) is 10.1 Å². The number of carbonyl (C=O) groups is 1. The number of aliphatic imine (C=N–C) groups is 1. The zero-order chi connectivity index (χ0) is 22.9. The molecule has 0 fully saturated rings. The Balaban J connectivity index is 1.65. The first kappa shape index (κ1) is 22.0. The summed E-state index contributed by atoms with van der Waals surface area (Å²) in [5.41, 5.74) is 8.08. The zero-order valence-corrected chi connectivity index (χ0v) is 19.1. The molecule has 0 radical (unpaired) electrons. The highest BCUT2D eigenvalue weighted by Crippen LogP contribution is 2.37. The molecule has 0 spiro atoms. The Kier molecular flexibility index (Phi) is 6.01. The highest BCUT2D eigenvalue weighted by atomic mass is 32.2. The largest absolute Gasteiger partial charge is 0.326 e. The number of nitro benzene ring substituents is 1. The number of amidine groups is 1. The second kappa shape index (κ2) is 8.74. The van der Waals surface area contributed by atoms with Gasteiger partial charge < -0.3 is 9.69 Å². The first-order valence-electron chi connectivity index (χ1n) is 10.5. The SMILES string of the molecule is CCN=C(c1ccc([N+](=O)[O-])cc1)N1CCc2cc(C3=NNC(C=O)SC3(C)C)ccc21. The summed E-state index contributed by atoms with van der Waals surface area (Å²) in [6.07, 6.45) is 1.74. The number of carbonyl (C=O) groups excluding carboxylic acids is 1. The van der Waals surface area contributed by atoms with Gasteiger partial charge in [0.1, 0.15) is 11.2 Å². The number of rotatable bonds is 5. The molecular weight excluding hydrogens is 426 g/mol. The normalized spacial score (nSPS) is 19.7. The molecule has 0 aromatic heterocycles. The van der Waals surface area contributed by atoms with Crippen LogP contribution in [0.25, 0.3) is 0 Å². The summed E-state index contributed by atoms with van der Waals surface area (Å²) in [6, 6.07) is 12.8. The molecule has 0 bridgehead atoms. The number of nitro groups is 1. The van der Waals surface area contributed by atoms with E-state index < -0.39 is 4.92 Å². The van der Waals surface area contributed by atoms with Crippen LogP contribution >= 0.6 is 11.8 Å². The number of anilines is 1. The molecule has 0 amide bonds. The van der Waals surface area contributed by atoms with Crippen LogP contribution in [0.5, 0.6) is 0 Å². The number of benzene rings is 2. The quantitative estimate of drug-likeness (QED) is 0.244. The van der Waals surface area contributed by atoms with Crippen molar-refractivity contribution in [3.05, 3.63) is 69.3 Å². The van der Waals surface area contributed by atoms with E-state index in [4.69, 9.17) is 4.99 Å². The smallest absolute Gasteiger partial charge is 0.269 e. The topological polar surface area (TPSA) is 100 Å². The predicted octanol–water partition coefficient (Wildman–Crippen LogP) is 3.77. The molecular formula is C23H25N5O3S. The van der Waals surface area contributed by atoms with Crippen LogP contribution in [-0.2, 0) is 11.2 Å². The molecule has 166 valence electrons. The van der Waals surface area contributed by atoms with Gasteiger partial charge in [-0.2, -0.15) is 5.10 Å². The number of nitrogens with one attached hydrogen (secondary N) is 1. The molecule has 0 saturated carbocycles. The maximum Gasteiger partial charge on any atom is 0.269 e. The van der Waals surface area contributed by atoms with Crippen LogP contribution in [0.2, 0.25) is 0 Å². The Morgan fingerprint density at radius 1 is 1.34 bits per heavy atom. The van der Waals surface area contributed by atoms with E-state index in [9.17, 15) is 14.9 Å². The number of non-ortho nitro benzene ring substituents is 1. The minimum Gasteiger partial charge on any atom is -0.326 e. The number of hydrogen-bond acceptors (Lipinski definition) is 7. The van der Waals surface area contributed by atoms with Crippen LogP contribution in [0.3, 0.4) is 0 Å². The average molecular weight is 452 g/mol. The maximum atomic E-state index is 11.2. The monoisotopic (exact) mass is 451 g/mol. The molecule has 8 nitrogen and oxygen atoms in total. The van der Waals surface area contributed by atoms with Crippen molar-refractivity contribution in [1.82, 2.24) is 5.43 Å². The highest BCUT2D eigenvalue weighted by molar-refractivity contribution is 8.02. The van der Waals surface area contributed by atoms with E-state index in [1.165, 1.54) is 17.7 Å². The molecule has 4 rings (SSSR count). The molecule has 0 aliphatic carbocycles. The van der Waals surface area contributed by atoms with E-state index in [1.807, 2.05) is 6.92 Å². The summed E-state index contributed by atoms with van der Waals surface area (Å²) in [6.45, 7) is 7.53. The molecule has 1 atom stereocenters. The lowest BCUT2D eigenvalue weighted by Gasteiger charge is -2.33. The van der Waals surface area contributed by atoms with Crippen LogP contribution < -0.4 is 10.3 Å². The zero-order valence-electron chi connectivity index (χ0n) is 18.2. The lowest BCUT2D eigenvalue weighted by Crippen LogP contribution is -2.42. The van der Waals surface area contributed by atoms with Crippen molar-refractivity contribution in [2.24, 2.45) is 10.1 Å². The van der Waals surface area contributed by atoms with E-state index in [2.05, 4.69) is 47.5 Å². The summed E-state index contributed by atoms with van der Waals surface area (Å²) in [4.78, 5) is 28.6. The van der Waals surface area contributed by atoms with Gasteiger partial charge >= 0.3 is 0 Å². The van der Waals surface area contributed by atoms with Gasteiger partial charge in [0.2, 0.25) is 0 Å². The van der Waals surface area contributed by atoms with Gasteiger partial charge in [-0.15, -0.1) is 11.8 Å². The van der Waals surface area contributed by atoms with Crippen LogP contribution in [-0.4, -0.2) is 46.0 Å². The van der Waals surface area contributed by atoms with Gasteiger partial charge in [0.15, 0.2) is 6.29 Å². The first-order valence-corrected chi connectivity index (χ1v) is 11.4. The third-order valence-corrected chi connectivity index (χ3v) is 6.82. The van der Waals surface area contributed by atoms with Crippen molar-refractivity contribution in [3.63, 3.8) is 0 Å². The van der Waals surface area contributed by atoms with E-state index in [1.54, 1.807) is 23.9 Å². The summed E-state index contributed by atoms with van der Waals surface area (Å²) < 4.78 is -0.295. The summed E-state index contributed by atoms with van der Waals surface area (Å²) in [7, 11) is 0. The first-order chi connectivity index (χ1) is 15.3. The lowest BCUT2D eigenvalue weighted by atomic mass is 9.96. The average Bonchev–Trinajstić information content (AvgIpc) is 3.19. The highest BCUT2D eigenvalue weighted by Gasteiger charge is 2.35. The number of thioether (sulfide) groups is 1. The Labute approximate surface area is 190 Å². The van der Waals surface area contributed by atoms with Crippen molar-refractivity contribution in [1.29, 1.82) is 0 Å².